The van der Waals surface area contributed by atoms with Crippen molar-refractivity contribution in [3.05, 3.63) is 28.8 Å². The number of carbonyl (C=O) groups excluding carboxylic acids is 1. The van der Waals surface area contributed by atoms with Gasteiger partial charge in [0, 0.05) is 38.4 Å². The number of nitrogens with two attached hydrogens (primary N) is 1. The summed E-state index contributed by atoms with van der Waals surface area (Å²) in [4.78, 5) is 15.1. The summed E-state index contributed by atoms with van der Waals surface area (Å²) in [5.74, 6) is 0.0467. The van der Waals surface area contributed by atoms with Crippen molar-refractivity contribution >= 4 is 23.2 Å². The molecule has 1 aromatic rings. The highest BCUT2D eigenvalue weighted by Gasteiger charge is 2.12. The Kier molecular flexibility index (Phi) is 4.78. The van der Waals surface area contributed by atoms with Crippen LogP contribution in [0.15, 0.2) is 18.2 Å². The summed E-state index contributed by atoms with van der Waals surface area (Å²) in [6.07, 6.45) is 0. The molecule has 0 aromatic heterocycles. The molecule has 1 amide bonds. The van der Waals surface area contributed by atoms with Gasteiger partial charge in [0.05, 0.1) is 6.54 Å². The average molecular weight is 256 g/mol. The van der Waals surface area contributed by atoms with Crippen LogP contribution in [0.2, 0.25) is 5.02 Å². The number of carbonyl (C=O) groups is 1. The first kappa shape index (κ1) is 13.8. The van der Waals surface area contributed by atoms with Crippen molar-refractivity contribution in [3.8, 4) is 0 Å². The minimum Gasteiger partial charge on any atom is -0.365 e. The van der Waals surface area contributed by atoms with Crippen molar-refractivity contribution < 1.29 is 4.79 Å². The molecule has 2 N–H and O–H groups in total. The van der Waals surface area contributed by atoms with Crippen molar-refractivity contribution in [1.82, 2.24) is 4.90 Å². The summed E-state index contributed by atoms with van der Waals surface area (Å²) >= 11 is 5.91. The lowest BCUT2D eigenvalue weighted by atomic mass is 10.1. The molecule has 0 aliphatic rings. The van der Waals surface area contributed by atoms with Gasteiger partial charge in [-0.2, -0.15) is 0 Å². The maximum atomic E-state index is 11.6. The molecule has 0 saturated carbocycles. The molecule has 4 nitrogen and oxygen atoms in total. The molecular weight excluding hydrogens is 238 g/mol. The van der Waals surface area contributed by atoms with Crippen LogP contribution in [0.1, 0.15) is 5.56 Å². The van der Waals surface area contributed by atoms with Gasteiger partial charge in [0.25, 0.3) is 0 Å². The van der Waals surface area contributed by atoms with E-state index in [4.69, 9.17) is 17.3 Å². The Labute approximate surface area is 107 Å². The fourth-order valence-corrected chi connectivity index (χ4v) is 1.71. The van der Waals surface area contributed by atoms with Gasteiger partial charge in [-0.05, 0) is 23.8 Å². The lowest BCUT2D eigenvalue weighted by molar-refractivity contribution is -0.127. The molecule has 0 radical (unpaired) electrons. The first-order valence-electron chi connectivity index (χ1n) is 5.35. The van der Waals surface area contributed by atoms with Crippen LogP contribution in [0.25, 0.3) is 0 Å². The van der Waals surface area contributed by atoms with Crippen LogP contribution in [0.4, 0.5) is 5.69 Å². The minimum absolute atomic E-state index is 0.0467. The van der Waals surface area contributed by atoms with Crippen LogP contribution in [-0.2, 0) is 11.3 Å². The van der Waals surface area contributed by atoms with Crippen molar-refractivity contribution in [3.63, 3.8) is 0 Å². The van der Waals surface area contributed by atoms with Gasteiger partial charge < -0.3 is 15.5 Å². The van der Waals surface area contributed by atoms with E-state index in [1.807, 2.05) is 24.1 Å². The normalized spacial score (nSPS) is 10.2. The number of rotatable bonds is 4. The number of likely N-dealkylation sites (N-methyl/N-ethyl adjacent to an activating group) is 2. The molecule has 0 unspecified atom stereocenters. The van der Waals surface area contributed by atoms with Gasteiger partial charge >= 0.3 is 0 Å². The zero-order valence-electron chi connectivity index (χ0n) is 10.4. The van der Waals surface area contributed by atoms with Gasteiger partial charge in [0.2, 0.25) is 5.91 Å². The number of hydrogen-bond donors (Lipinski definition) is 1. The first-order valence-corrected chi connectivity index (χ1v) is 5.73. The third-order valence-corrected chi connectivity index (χ3v) is 2.78. The summed E-state index contributed by atoms with van der Waals surface area (Å²) in [6.45, 7) is 0.720. The zero-order valence-corrected chi connectivity index (χ0v) is 11.2. The molecule has 0 bridgehead atoms. The molecular formula is C12H18ClN3O. The van der Waals surface area contributed by atoms with Gasteiger partial charge in [0.15, 0.2) is 0 Å². The summed E-state index contributed by atoms with van der Waals surface area (Å²) in [5, 5.41) is 0.654. The Balaban J connectivity index is 2.88. The molecule has 5 heteroatoms. The Morgan fingerprint density at radius 1 is 1.35 bits per heavy atom. The fraction of sp³-hybridized carbons (Fsp3) is 0.417. The van der Waals surface area contributed by atoms with E-state index in [0.29, 0.717) is 18.1 Å². The molecule has 0 saturated heterocycles. The van der Waals surface area contributed by atoms with Crippen LogP contribution in [0.5, 0.6) is 0 Å². The fourth-order valence-electron chi connectivity index (χ4n) is 1.52. The van der Waals surface area contributed by atoms with Crippen molar-refractivity contribution in [2.75, 3.05) is 32.6 Å². The van der Waals surface area contributed by atoms with E-state index in [2.05, 4.69) is 0 Å². The molecule has 0 aliphatic carbocycles. The lowest BCUT2D eigenvalue weighted by Gasteiger charge is -2.23. The zero-order chi connectivity index (χ0) is 13.0. The smallest absolute Gasteiger partial charge is 0.241 e. The monoisotopic (exact) mass is 255 g/mol. The molecule has 0 aliphatic heterocycles. The Morgan fingerprint density at radius 3 is 2.53 bits per heavy atom. The van der Waals surface area contributed by atoms with Gasteiger partial charge in [-0.25, -0.2) is 0 Å². The van der Waals surface area contributed by atoms with E-state index in [-0.39, 0.29) is 5.91 Å². The molecule has 1 rings (SSSR count). The van der Waals surface area contributed by atoms with Gasteiger partial charge in [-0.15, -0.1) is 0 Å². The highest BCUT2D eigenvalue weighted by atomic mass is 35.5. The Bertz CT molecular complexity index is 407. The maximum absolute atomic E-state index is 11.6. The number of anilines is 1. The van der Waals surface area contributed by atoms with Crippen molar-refractivity contribution in [2.24, 2.45) is 5.73 Å². The van der Waals surface area contributed by atoms with Crippen molar-refractivity contribution in [2.45, 2.75) is 6.54 Å². The highest BCUT2D eigenvalue weighted by molar-refractivity contribution is 6.30. The summed E-state index contributed by atoms with van der Waals surface area (Å²) in [7, 11) is 5.34. The van der Waals surface area contributed by atoms with Crippen LogP contribution in [0, 0.1) is 0 Å². The van der Waals surface area contributed by atoms with Crippen LogP contribution in [0.3, 0.4) is 0 Å². The maximum Gasteiger partial charge on any atom is 0.241 e. The van der Waals surface area contributed by atoms with Gasteiger partial charge in [-0.3, -0.25) is 4.79 Å². The Hall–Kier alpha value is -1.26. The molecule has 0 fully saturated rings. The quantitative estimate of drug-likeness (QED) is 0.883. The second-order valence-electron chi connectivity index (χ2n) is 4.12. The lowest BCUT2D eigenvalue weighted by Crippen LogP contribution is -2.34. The molecule has 17 heavy (non-hydrogen) atoms. The van der Waals surface area contributed by atoms with Crippen LogP contribution >= 0.6 is 11.6 Å². The largest absolute Gasteiger partial charge is 0.365 e. The first-order chi connectivity index (χ1) is 7.95. The standard InChI is InChI=1S/C12H18ClN3O/c1-15(2)12(17)8-16(3)11-5-4-10(13)6-9(11)7-14/h4-6H,7-8,14H2,1-3H3. The summed E-state index contributed by atoms with van der Waals surface area (Å²) < 4.78 is 0. The second-order valence-corrected chi connectivity index (χ2v) is 4.56. The van der Waals surface area contributed by atoms with E-state index in [1.54, 1.807) is 25.1 Å². The summed E-state index contributed by atoms with van der Waals surface area (Å²) in [5.41, 5.74) is 7.54. The number of halogens is 1. The third-order valence-electron chi connectivity index (χ3n) is 2.54. The predicted molar refractivity (Wildman–Crippen MR) is 71.3 cm³/mol. The highest BCUT2D eigenvalue weighted by Crippen LogP contribution is 2.23. The Morgan fingerprint density at radius 2 is 2.00 bits per heavy atom. The van der Waals surface area contributed by atoms with E-state index in [1.165, 1.54) is 0 Å². The molecule has 0 heterocycles. The molecule has 0 atom stereocenters. The topological polar surface area (TPSA) is 49.6 Å². The van der Waals surface area contributed by atoms with Crippen LogP contribution in [-0.4, -0.2) is 38.5 Å². The van der Waals surface area contributed by atoms with Gasteiger partial charge in [0.1, 0.15) is 0 Å². The number of nitrogens with zero attached hydrogens (tertiary/aromatic N) is 2. The van der Waals surface area contributed by atoms with Crippen molar-refractivity contribution in [1.29, 1.82) is 0 Å². The predicted octanol–water partition coefficient (Wildman–Crippen LogP) is 1.32. The minimum atomic E-state index is 0.0467. The van der Waals surface area contributed by atoms with E-state index >= 15 is 0 Å². The SMILES string of the molecule is CN(C)C(=O)CN(C)c1ccc(Cl)cc1CN. The number of hydrogen-bond acceptors (Lipinski definition) is 3. The van der Waals surface area contributed by atoms with Crippen LogP contribution < -0.4 is 10.6 Å². The average Bonchev–Trinajstić information content (AvgIpc) is 2.28. The third kappa shape index (κ3) is 3.61. The molecule has 94 valence electrons. The molecule has 1 aromatic carbocycles. The van der Waals surface area contributed by atoms with E-state index in [9.17, 15) is 4.79 Å². The summed E-state index contributed by atoms with van der Waals surface area (Å²) in [6, 6.07) is 5.51. The van der Waals surface area contributed by atoms with Gasteiger partial charge in [-0.1, -0.05) is 11.6 Å². The number of benzene rings is 1. The molecule has 0 spiro atoms. The second kappa shape index (κ2) is 5.89. The number of amides is 1. The van der Waals surface area contributed by atoms with E-state index in [0.717, 1.165) is 11.3 Å². The van der Waals surface area contributed by atoms with E-state index < -0.39 is 0 Å².